The first-order chi connectivity index (χ1) is 9.69. The highest BCUT2D eigenvalue weighted by atomic mass is 79.9. The molecule has 106 valence electrons. The van der Waals surface area contributed by atoms with Crippen LogP contribution in [0.5, 0.6) is 0 Å². The second-order valence-electron chi connectivity index (χ2n) is 4.80. The fraction of sp³-hybridized carbons (Fsp3) is 0.250. The van der Waals surface area contributed by atoms with Crippen LogP contribution >= 0.6 is 31.9 Å². The topological polar surface area (TPSA) is 38.0 Å². The van der Waals surface area contributed by atoms with Crippen LogP contribution in [0.2, 0.25) is 0 Å². The van der Waals surface area contributed by atoms with Crippen LogP contribution in [0.3, 0.4) is 0 Å². The molecular formula is C16H18Br2N2. The monoisotopic (exact) mass is 396 g/mol. The summed E-state index contributed by atoms with van der Waals surface area (Å²) >= 11 is 7.03. The third-order valence-corrected chi connectivity index (χ3v) is 4.21. The van der Waals surface area contributed by atoms with Gasteiger partial charge in [-0.15, -0.1) is 0 Å². The number of hydrogen-bond acceptors (Lipinski definition) is 2. The highest BCUT2D eigenvalue weighted by molar-refractivity contribution is 9.11. The van der Waals surface area contributed by atoms with Crippen molar-refractivity contribution in [1.29, 1.82) is 0 Å². The maximum absolute atomic E-state index is 5.70. The minimum atomic E-state index is 0.174. The lowest BCUT2D eigenvalue weighted by molar-refractivity contribution is 0.498. The SMILES string of the molecule is NNC(CCCc1ccccc1)c1cc(Br)cc(Br)c1. The summed E-state index contributed by atoms with van der Waals surface area (Å²) in [6.45, 7) is 0. The van der Waals surface area contributed by atoms with Crippen molar-refractivity contribution in [3.63, 3.8) is 0 Å². The second kappa shape index (κ2) is 7.93. The van der Waals surface area contributed by atoms with Crippen molar-refractivity contribution >= 4 is 31.9 Å². The van der Waals surface area contributed by atoms with E-state index in [1.54, 1.807) is 0 Å². The zero-order valence-corrected chi connectivity index (χ0v) is 14.3. The predicted octanol–water partition coefficient (Wildman–Crippen LogP) is 4.74. The summed E-state index contributed by atoms with van der Waals surface area (Å²) in [6.07, 6.45) is 3.19. The van der Waals surface area contributed by atoms with Gasteiger partial charge in [0.15, 0.2) is 0 Å². The van der Waals surface area contributed by atoms with Gasteiger partial charge in [0, 0.05) is 15.0 Å². The van der Waals surface area contributed by atoms with E-state index in [2.05, 4.69) is 73.7 Å². The van der Waals surface area contributed by atoms with Crippen molar-refractivity contribution in [1.82, 2.24) is 5.43 Å². The zero-order chi connectivity index (χ0) is 14.4. The fourth-order valence-corrected chi connectivity index (χ4v) is 3.61. The lowest BCUT2D eigenvalue weighted by atomic mass is 9.99. The molecular weight excluding hydrogens is 380 g/mol. The minimum Gasteiger partial charge on any atom is -0.271 e. The number of nitrogens with one attached hydrogen (secondary N) is 1. The Balaban J connectivity index is 1.95. The van der Waals surface area contributed by atoms with Crippen LogP contribution in [-0.4, -0.2) is 0 Å². The van der Waals surface area contributed by atoms with E-state index in [9.17, 15) is 0 Å². The summed E-state index contributed by atoms with van der Waals surface area (Å²) in [4.78, 5) is 0. The molecule has 0 bridgehead atoms. The van der Waals surface area contributed by atoms with Crippen LogP contribution in [0.1, 0.15) is 30.0 Å². The second-order valence-corrected chi connectivity index (χ2v) is 6.63. The molecule has 0 heterocycles. The summed E-state index contributed by atoms with van der Waals surface area (Å²) in [6, 6.07) is 17.0. The van der Waals surface area contributed by atoms with E-state index >= 15 is 0 Å². The van der Waals surface area contributed by atoms with Crippen molar-refractivity contribution in [2.75, 3.05) is 0 Å². The highest BCUT2D eigenvalue weighted by Gasteiger charge is 2.10. The minimum absolute atomic E-state index is 0.174. The van der Waals surface area contributed by atoms with Gasteiger partial charge in [0.2, 0.25) is 0 Å². The van der Waals surface area contributed by atoms with Gasteiger partial charge in [-0.2, -0.15) is 0 Å². The molecule has 0 saturated carbocycles. The van der Waals surface area contributed by atoms with E-state index in [1.807, 2.05) is 12.1 Å². The average molecular weight is 398 g/mol. The van der Waals surface area contributed by atoms with Crippen molar-refractivity contribution in [2.45, 2.75) is 25.3 Å². The molecule has 2 aromatic carbocycles. The normalized spacial score (nSPS) is 12.3. The van der Waals surface area contributed by atoms with Crippen LogP contribution in [-0.2, 0) is 6.42 Å². The number of rotatable bonds is 6. The Morgan fingerprint density at radius 2 is 1.65 bits per heavy atom. The molecule has 0 aliphatic carbocycles. The van der Waals surface area contributed by atoms with E-state index < -0.39 is 0 Å². The molecule has 0 aliphatic heterocycles. The summed E-state index contributed by atoms with van der Waals surface area (Å²) in [5, 5.41) is 0. The van der Waals surface area contributed by atoms with Crippen LogP contribution in [0.4, 0.5) is 0 Å². The highest BCUT2D eigenvalue weighted by Crippen LogP contribution is 2.26. The third-order valence-electron chi connectivity index (χ3n) is 3.29. The first kappa shape index (κ1) is 15.7. The third kappa shape index (κ3) is 4.70. The average Bonchev–Trinajstić information content (AvgIpc) is 2.43. The van der Waals surface area contributed by atoms with E-state index in [-0.39, 0.29) is 6.04 Å². The predicted molar refractivity (Wildman–Crippen MR) is 91.3 cm³/mol. The summed E-state index contributed by atoms with van der Waals surface area (Å²) in [7, 11) is 0. The van der Waals surface area contributed by atoms with Crippen molar-refractivity contribution < 1.29 is 0 Å². The molecule has 0 radical (unpaired) electrons. The van der Waals surface area contributed by atoms with Gasteiger partial charge in [0.1, 0.15) is 0 Å². The molecule has 20 heavy (non-hydrogen) atoms. The quantitative estimate of drug-likeness (QED) is 0.545. The number of aryl methyl sites for hydroxylation is 1. The Labute approximate surface area is 137 Å². The number of hydrogen-bond donors (Lipinski definition) is 2. The summed E-state index contributed by atoms with van der Waals surface area (Å²) in [5.74, 6) is 5.70. The number of hydrazine groups is 1. The molecule has 0 aromatic heterocycles. The molecule has 4 heteroatoms. The molecule has 0 fully saturated rings. The number of nitrogens with two attached hydrogens (primary N) is 1. The first-order valence-electron chi connectivity index (χ1n) is 6.65. The molecule has 1 unspecified atom stereocenters. The number of halogens is 2. The van der Waals surface area contributed by atoms with E-state index in [1.165, 1.54) is 11.1 Å². The molecule has 0 aliphatic rings. The van der Waals surface area contributed by atoms with Gasteiger partial charge in [0.25, 0.3) is 0 Å². The van der Waals surface area contributed by atoms with Crippen molar-refractivity contribution in [2.24, 2.45) is 5.84 Å². The maximum Gasteiger partial charge on any atom is 0.0460 e. The van der Waals surface area contributed by atoms with Gasteiger partial charge >= 0.3 is 0 Å². The fourth-order valence-electron chi connectivity index (χ4n) is 2.28. The molecule has 2 nitrogen and oxygen atoms in total. The Morgan fingerprint density at radius 1 is 1.00 bits per heavy atom. The Kier molecular flexibility index (Phi) is 6.23. The summed E-state index contributed by atoms with van der Waals surface area (Å²) in [5.41, 5.74) is 5.49. The maximum atomic E-state index is 5.70. The van der Waals surface area contributed by atoms with Gasteiger partial charge in [0.05, 0.1) is 0 Å². The van der Waals surface area contributed by atoms with Gasteiger partial charge in [-0.3, -0.25) is 11.3 Å². The smallest absolute Gasteiger partial charge is 0.0460 e. The summed E-state index contributed by atoms with van der Waals surface area (Å²) < 4.78 is 2.12. The van der Waals surface area contributed by atoms with Crippen LogP contribution in [0, 0.1) is 0 Å². The molecule has 0 spiro atoms. The lowest BCUT2D eigenvalue weighted by Gasteiger charge is -2.17. The van der Waals surface area contributed by atoms with Gasteiger partial charge in [-0.05, 0) is 48.6 Å². The van der Waals surface area contributed by atoms with Crippen molar-refractivity contribution in [3.05, 3.63) is 68.6 Å². The van der Waals surface area contributed by atoms with Gasteiger partial charge in [-0.1, -0.05) is 62.2 Å². The zero-order valence-electron chi connectivity index (χ0n) is 11.2. The van der Waals surface area contributed by atoms with Gasteiger partial charge < -0.3 is 0 Å². The Hall–Kier alpha value is -0.680. The van der Waals surface area contributed by atoms with Crippen molar-refractivity contribution in [3.8, 4) is 0 Å². The van der Waals surface area contributed by atoms with E-state index in [0.29, 0.717) is 0 Å². The standard InChI is InChI=1S/C16H18Br2N2/c17-14-9-13(10-15(18)11-14)16(20-19)8-4-7-12-5-2-1-3-6-12/h1-3,5-6,9-11,16,20H,4,7-8,19H2. The Bertz CT molecular complexity index is 523. The van der Waals surface area contributed by atoms with E-state index in [0.717, 1.165) is 28.2 Å². The molecule has 2 aromatic rings. The van der Waals surface area contributed by atoms with Crippen LogP contribution in [0.25, 0.3) is 0 Å². The first-order valence-corrected chi connectivity index (χ1v) is 8.23. The lowest BCUT2D eigenvalue weighted by Crippen LogP contribution is -2.28. The van der Waals surface area contributed by atoms with E-state index in [4.69, 9.17) is 5.84 Å². The Morgan fingerprint density at radius 3 is 2.25 bits per heavy atom. The van der Waals surface area contributed by atoms with Crippen LogP contribution in [0.15, 0.2) is 57.5 Å². The number of benzene rings is 2. The largest absolute Gasteiger partial charge is 0.271 e. The molecule has 0 saturated heterocycles. The molecule has 2 rings (SSSR count). The molecule has 1 atom stereocenters. The van der Waals surface area contributed by atoms with Crippen LogP contribution < -0.4 is 11.3 Å². The van der Waals surface area contributed by atoms with Gasteiger partial charge in [-0.25, -0.2) is 0 Å². The molecule has 3 N–H and O–H groups in total. The molecule has 0 amide bonds.